The molecule has 0 radical (unpaired) electrons. The number of halogens is 1. The number of nitrogens with one attached hydrogen (secondary N) is 1. The molecule has 3 heteroatoms. The van der Waals surface area contributed by atoms with Crippen LogP contribution < -0.4 is 10.1 Å². The van der Waals surface area contributed by atoms with Crippen molar-refractivity contribution in [1.82, 2.24) is 5.32 Å². The summed E-state index contributed by atoms with van der Waals surface area (Å²) < 4.78 is 6.59. The minimum absolute atomic E-state index is 0.664. The molecule has 1 aliphatic rings. The first-order valence-electron chi connectivity index (χ1n) is 4.85. The number of benzene rings is 1. The molecule has 14 heavy (non-hydrogen) atoms. The molecule has 0 aromatic heterocycles. The largest absolute Gasteiger partial charge is 0.497 e. The fourth-order valence-electron chi connectivity index (χ4n) is 1.88. The van der Waals surface area contributed by atoms with Crippen LogP contribution in [0.4, 0.5) is 0 Å². The van der Waals surface area contributed by atoms with Crippen LogP contribution in [-0.4, -0.2) is 20.2 Å². The predicted molar refractivity (Wildman–Crippen MR) is 65.9 cm³/mol. The summed E-state index contributed by atoms with van der Waals surface area (Å²) in [6.45, 7) is 2.24. The molecule has 1 aromatic rings. The van der Waals surface area contributed by atoms with Gasteiger partial charge in [0, 0.05) is 10.1 Å². The number of hydrogen-bond acceptors (Lipinski definition) is 2. The predicted octanol–water partition coefficient (Wildman–Crippen LogP) is 2.38. The molecule has 1 fully saturated rings. The molecule has 2 nitrogen and oxygen atoms in total. The van der Waals surface area contributed by atoms with E-state index in [1.54, 1.807) is 7.11 Å². The summed E-state index contributed by atoms with van der Waals surface area (Å²) in [6, 6.07) is 6.32. The SMILES string of the molecule is COc1ccc(I)c(C2CCNC2)c1. The highest BCUT2D eigenvalue weighted by Crippen LogP contribution is 2.29. The molecule has 0 spiro atoms. The summed E-state index contributed by atoms with van der Waals surface area (Å²) in [4.78, 5) is 0. The Balaban J connectivity index is 2.29. The van der Waals surface area contributed by atoms with Gasteiger partial charge in [-0.05, 0) is 65.2 Å². The van der Waals surface area contributed by atoms with Gasteiger partial charge in [-0.25, -0.2) is 0 Å². The van der Waals surface area contributed by atoms with Crippen LogP contribution in [0.3, 0.4) is 0 Å². The second-order valence-electron chi connectivity index (χ2n) is 3.58. The number of hydrogen-bond donors (Lipinski definition) is 1. The van der Waals surface area contributed by atoms with E-state index < -0.39 is 0 Å². The Morgan fingerprint density at radius 1 is 1.50 bits per heavy atom. The maximum Gasteiger partial charge on any atom is 0.119 e. The molecule has 1 atom stereocenters. The summed E-state index contributed by atoms with van der Waals surface area (Å²) >= 11 is 2.40. The van der Waals surface area contributed by atoms with Crippen LogP contribution in [0, 0.1) is 3.57 Å². The average Bonchev–Trinajstić information content (AvgIpc) is 2.71. The summed E-state index contributed by atoms with van der Waals surface area (Å²) in [5.41, 5.74) is 1.43. The Bertz CT molecular complexity index is 321. The van der Waals surface area contributed by atoms with Crippen LogP contribution in [0.15, 0.2) is 18.2 Å². The van der Waals surface area contributed by atoms with Gasteiger partial charge in [0.15, 0.2) is 0 Å². The van der Waals surface area contributed by atoms with E-state index in [1.807, 2.05) is 6.07 Å². The van der Waals surface area contributed by atoms with Crippen LogP contribution in [0.5, 0.6) is 5.75 Å². The molecular weight excluding hydrogens is 289 g/mol. The summed E-state index contributed by atoms with van der Waals surface area (Å²) in [7, 11) is 1.72. The van der Waals surface area contributed by atoms with E-state index in [1.165, 1.54) is 15.6 Å². The third kappa shape index (κ3) is 2.03. The topological polar surface area (TPSA) is 21.3 Å². The van der Waals surface area contributed by atoms with Crippen molar-refractivity contribution in [3.63, 3.8) is 0 Å². The molecule has 1 saturated heterocycles. The third-order valence-electron chi connectivity index (χ3n) is 2.70. The van der Waals surface area contributed by atoms with E-state index in [-0.39, 0.29) is 0 Å². The van der Waals surface area contributed by atoms with Gasteiger partial charge >= 0.3 is 0 Å². The van der Waals surface area contributed by atoms with Gasteiger partial charge in [0.1, 0.15) is 5.75 Å². The van der Waals surface area contributed by atoms with Gasteiger partial charge in [-0.2, -0.15) is 0 Å². The summed E-state index contributed by atoms with van der Waals surface area (Å²) in [5, 5.41) is 3.39. The van der Waals surface area contributed by atoms with Crippen molar-refractivity contribution in [2.75, 3.05) is 20.2 Å². The number of methoxy groups -OCH3 is 1. The zero-order chi connectivity index (χ0) is 9.97. The van der Waals surface area contributed by atoms with E-state index in [4.69, 9.17) is 4.74 Å². The van der Waals surface area contributed by atoms with Crippen molar-refractivity contribution in [2.24, 2.45) is 0 Å². The first kappa shape index (κ1) is 10.2. The maximum absolute atomic E-state index is 5.25. The molecule has 1 unspecified atom stereocenters. The third-order valence-corrected chi connectivity index (χ3v) is 3.69. The van der Waals surface area contributed by atoms with E-state index >= 15 is 0 Å². The van der Waals surface area contributed by atoms with Crippen molar-refractivity contribution < 1.29 is 4.74 Å². The fourth-order valence-corrected chi connectivity index (χ4v) is 2.66. The smallest absolute Gasteiger partial charge is 0.119 e. The Morgan fingerprint density at radius 2 is 2.36 bits per heavy atom. The lowest BCUT2D eigenvalue weighted by molar-refractivity contribution is 0.413. The minimum Gasteiger partial charge on any atom is -0.497 e. The van der Waals surface area contributed by atoms with Crippen LogP contribution in [-0.2, 0) is 0 Å². The lowest BCUT2D eigenvalue weighted by atomic mass is 9.98. The Labute approximate surface area is 98.2 Å². The van der Waals surface area contributed by atoms with Crippen LogP contribution in [0.1, 0.15) is 17.9 Å². The molecule has 1 aliphatic heterocycles. The highest BCUT2D eigenvalue weighted by molar-refractivity contribution is 14.1. The molecule has 1 aromatic carbocycles. The van der Waals surface area contributed by atoms with Crippen molar-refractivity contribution in [3.8, 4) is 5.75 Å². The van der Waals surface area contributed by atoms with Gasteiger partial charge in [0.25, 0.3) is 0 Å². The van der Waals surface area contributed by atoms with Crippen LogP contribution in [0.25, 0.3) is 0 Å². The van der Waals surface area contributed by atoms with Crippen LogP contribution >= 0.6 is 22.6 Å². The number of rotatable bonds is 2. The van der Waals surface area contributed by atoms with Crippen molar-refractivity contribution in [2.45, 2.75) is 12.3 Å². The second kappa shape index (κ2) is 4.49. The quantitative estimate of drug-likeness (QED) is 0.847. The minimum atomic E-state index is 0.664. The summed E-state index contributed by atoms with van der Waals surface area (Å²) in [5.74, 6) is 1.63. The molecule has 1 N–H and O–H groups in total. The van der Waals surface area contributed by atoms with E-state index in [0.29, 0.717) is 5.92 Å². The molecule has 0 saturated carbocycles. The van der Waals surface area contributed by atoms with Gasteiger partial charge in [-0.3, -0.25) is 0 Å². The van der Waals surface area contributed by atoms with E-state index in [9.17, 15) is 0 Å². The average molecular weight is 303 g/mol. The van der Waals surface area contributed by atoms with E-state index in [2.05, 4.69) is 40.0 Å². The molecule has 0 amide bonds. The van der Waals surface area contributed by atoms with Gasteiger partial charge in [-0.15, -0.1) is 0 Å². The monoisotopic (exact) mass is 303 g/mol. The highest BCUT2D eigenvalue weighted by Gasteiger charge is 2.19. The first-order chi connectivity index (χ1) is 6.81. The van der Waals surface area contributed by atoms with Crippen molar-refractivity contribution in [3.05, 3.63) is 27.3 Å². The molecule has 2 rings (SSSR count). The molecule has 0 bridgehead atoms. The fraction of sp³-hybridized carbons (Fsp3) is 0.455. The normalized spacial score (nSPS) is 21.1. The van der Waals surface area contributed by atoms with Gasteiger partial charge in [-0.1, -0.05) is 0 Å². The molecule has 0 aliphatic carbocycles. The van der Waals surface area contributed by atoms with Gasteiger partial charge in [0.2, 0.25) is 0 Å². The van der Waals surface area contributed by atoms with E-state index in [0.717, 1.165) is 18.8 Å². The highest BCUT2D eigenvalue weighted by atomic mass is 127. The zero-order valence-electron chi connectivity index (χ0n) is 8.22. The van der Waals surface area contributed by atoms with Crippen molar-refractivity contribution in [1.29, 1.82) is 0 Å². The maximum atomic E-state index is 5.25. The summed E-state index contributed by atoms with van der Waals surface area (Å²) in [6.07, 6.45) is 1.24. The Kier molecular flexibility index (Phi) is 3.28. The van der Waals surface area contributed by atoms with Gasteiger partial charge in [0.05, 0.1) is 7.11 Å². The lowest BCUT2D eigenvalue weighted by Crippen LogP contribution is -2.08. The molecule has 76 valence electrons. The molecular formula is C11H14INO. The number of ether oxygens (including phenoxy) is 1. The Hall–Kier alpha value is -0.290. The first-order valence-corrected chi connectivity index (χ1v) is 5.93. The lowest BCUT2D eigenvalue weighted by Gasteiger charge is -2.12. The zero-order valence-corrected chi connectivity index (χ0v) is 10.4. The van der Waals surface area contributed by atoms with Crippen molar-refractivity contribution >= 4 is 22.6 Å². The van der Waals surface area contributed by atoms with Crippen LogP contribution in [0.2, 0.25) is 0 Å². The second-order valence-corrected chi connectivity index (χ2v) is 4.74. The standard InChI is InChI=1S/C11H14INO/c1-14-9-2-3-11(12)10(6-9)8-4-5-13-7-8/h2-3,6,8,13H,4-5,7H2,1H3. The van der Waals surface area contributed by atoms with Gasteiger partial charge < -0.3 is 10.1 Å². The Morgan fingerprint density at radius 3 is 3.00 bits per heavy atom. The molecule has 1 heterocycles.